The van der Waals surface area contributed by atoms with Gasteiger partial charge >= 0.3 is 0 Å². The minimum atomic E-state index is 0.0864. The molecule has 0 aromatic carbocycles. The van der Waals surface area contributed by atoms with Gasteiger partial charge in [0.25, 0.3) is 5.91 Å². The highest BCUT2D eigenvalue weighted by Crippen LogP contribution is 2.22. The summed E-state index contributed by atoms with van der Waals surface area (Å²) in [6.07, 6.45) is 2.14. The fraction of sp³-hybridized carbons (Fsp3) is 0.643. The number of hydrogen-bond acceptors (Lipinski definition) is 3. The molecule has 0 bridgehead atoms. The van der Waals surface area contributed by atoms with Crippen molar-refractivity contribution in [3.05, 3.63) is 21.4 Å². The van der Waals surface area contributed by atoms with Crippen molar-refractivity contribution >= 4 is 17.2 Å². The van der Waals surface area contributed by atoms with E-state index in [4.69, 9.17) is 0 Å². The summed E-state index contributed by atoms with van der Waals surface area (Å²) in [5.74, 6) is 0.644. The van der Waals surface area contributed by atoms with E-state index in [2.05, 4.69) is 31.4 Å². The summed E-state index contributed by atoms with van der Waals surface area (Å²) in [5, 5.41) is 6.50. The van der Waals surface area contributed by atoms with E-state index in [1.54, 1.807) is 11.3 Å². The number of carbonyl (C=O) groups is 1. The molecule has 1 fully saturated rings. The van der Waals surface area contributed by atoms with Gasteiger partial charge in [0.2, 0.25) is 0 Å². The van der Waals surface area contributed by atoms with Gasteiger partial charge in [0.15, 0.2) is 0 Å². The molecule has 2 rings (SSSR count). The number of piperidine rings is 1. The molecule has 2 N–H and O–H groups in total. The van der Waals surface area contributed by atoms with Crippen LogP contribution in [0, 0.1) is 12.8 Å². The van der Waals surface area contributed by atoms with Crippen LogP contribution in [0.15, 0.2) is 6.07 Å². The maximum atomic E-state index is 12.2. The molecule has 100 valence electrons. The Kier molecular flexibility index (Phi) is 4.40. The van der Waals surface area contributed by atoms with Crippen LogP contribution in [0.1, 0.15) is 40.4 Å². The molecular weight excluding hydrogens is 244 g/mol. The predicted molar refractivity (Wildman–Crippen MR) is 76.3 cm³/mol. The fourth-order valence-electron chi connectivity index (χ4n) is 2.41. The summed E-state index contributed by atoms with van der Waals surface area (Å²) >= 11 is 1.62. The SMILES string of the molecule is CCc1sc(C(=O)NC2CNCCC2C)cc1C. The van der Waals surface area contributed by atoms with Gasteiger partial charge in [0.1, 0.15) is 0 Å². The zero-order valence-corrected chi connectivity index (χ0v) is 12.2. The lowest BCUT2D eigenvalue weighted by molar-refractivity contribution is 0.0919. The van der Waals surface area contributed by atoms with E-state index in [9.17, 15) is 4.79 Å². The standard InChI is InChI=1S/C14H22N2OS/c1-4-12-10(3)7-13(18-12)14(17)16-11-8-15-6-5-9(11)2/h7,9,11,15H,4-6,8H2,1-3H3,(H,16,17). The number of rotatable bonds is 3. The minimum absolute atomic E-state index is 0.0864. The monoisotopic (exact) mass is 266 g/mol. The van der Waals surface area contributed by atoms with Crippen molar-refractivity contribution in [2.75, 3.05) is 13.1 Å². The first-order valence-electron chi connectivity index (χ1n) is 6.72. The van der Waals surface area contributed by atoms with Gasteiger partial charge in [-0.2, -0.15) is 0 Å². The molecule has 0 saturated carbocycles. The summed E-state index contributed by atoms with van der Waals surface area (Å²) < 4.78 is 0. The highest BCUT2D eigenvalue weighted by molar-refractivity contribution is 7.14. The molecule has 1 aromatic heterocycles. The molecule has 1 aliphatic heterocycles. The van der Waals surface area contributed by atoms with Crippen molar-refractivity contribution < 1.29 is 4.79 Å². The molecule has 2 unspecified atom stereocenters. The van der Waals surface area contributed by atoms with Crippen LogP contribution >= 0.6 is 11.3 Å². The molecule has 1 aromatic rings. The Morgan fingerprint density at radius 1 is 1.61 bits per heavy atom. The van der Waals surface area contributed by atoms with Gasteiger partial charge in [-0.05, 0) is 43.9 Å². The maximum absolute atomic E-state index is 12.2. The zero-order chi connectivity index (χ0) is 13.1. The summed E-state index contributed by atoms with van der Waals surface area (Å²) in [4.78, 5) is 14.4. The molecule has 2 heterocycles. The summed E-state index contributed by atoms with van der Waals surface area (Å²) in [6.45, 7) is 8.37. The van der Waals surface area contributed by atoms with Crippen LogP contribution in [0.5, 0.6) is 0 Å². The van der Waals surface area contributed by atoms with E-state index in [-0.39, 0.29) is 11.9 Å². The predicted octanol–water partition coefficient (Wildman–Crippen LogP) is 2.35. The largest absolute Gasteiger partial charge is 0.347 e. The van der Waals surface area contributed by atoms with Gasteiger partial charge in [-0.1, -0.05) is 13.8 Å². The van der Waals surface area contributed by atoms with E-state index in [1.165, 1.54) is 10.4 Å². The van der Waals surface area contributed by atoms with Crippen LogP contribution in [0.2, 0.25) is 0 Å². The van der Waals surface area contributed by atoms with Gasteiger partial charge in [0.05, 0.1) is 4.88 Å². The molecular formula is C14H22N2OS. The first-order chi connectivity index (χ1) is 8.61. The summed E-state index contributed by atoms with van der Waals surface area (Å²) in [6, 6.07) is 2.28. The first kappa shape index (κ1) is 13.6. The smallest absolute Gasteiger partial charge is 0.261 e. The van der Waals surface area contributed by atoms with Gasteiger partial charge < -0.3 is 10.6 Å². The van der Waals surface area contributed by atoms with Crippen molar-refractivity contribution in [2.45, 2.75) is 39.7 Å². The third-order valence-electron chi connectivity index (χ3n) is 3.71. The van der Waals surface area contributed by atoms with E-state index < -0.39 is 0 Å². The van der Waals surface area contributed by atoms with Crippen LogP contribution in [0.3, 0.4) is 0 Å². The second-order valence-corrected chi connectivity index (χ2v) is 6.26. The number of thiophene rings is 1. The van der Waals surface area contributed by atoms with Crippen LogP contribution in [0.4, 0.5) is 0 Å². The van der Waals surface area contributed by atoms with Crippen LogP contribution in [-0.4, -0.2) is 25.0 Å². The number of nitrogens with one attached hydrogen (secondary N) is 2. The molecule has 1 saturated heterocycles. The van der Waals surface area contributed by atoms with E-state index in [1.807, 2.05) is 6.07 Å². The normalized spacial score (nSPS) is 23.9. The Labute approximate surface area is 113 Å². The second-order valence-electron chi connectivity index (χ2n) is 5.12. The lowest BCUT2D eigenvalue weighted by atomic mass is 9.95. The molecule has 0 aliphatic carbocycles. The summed E-state index contributed by atoms with van der Waals surface area (Å²) in [7, 11) is 0. The minimum Gasteiger partial charge on any atom is -0.347 e. The average Bonchev–Trinajstić information content (AvgIpc) is 2.73. The molecule has 18 heavy (non-hydrogen) atoms. The van der Waals surface area contributed by atoms with Gasteiger partial charge in [0, 0.05) is 17.5 Å². The van der Waals surface area contributed by atoms with Crippen molar-refractivity contribution in [3.8, 4) is 0 Å². The van der Waals surface area contributed by atoms with Gasteiger partial charge in [-0.3, -0.25) is 4.79 Å². The van der Waals surface area contributed by atoms with E-state index in [0.29, 0.717) is 5.92 Å². The van der Waals surface area contributed by atoms with Crippen molar-refractivity contribution in [2.24, 2.45) is 5.92 Å². The molecule has 3 nitrogen and oxygen atoms in total. The molecule has 1 aliphatic rings. The number of carbonyl (C=O) groups excluding carboxylic acids is 1. The Balaban J connectivity index is 2.02. The molecule has 1 amide bonds. The Hall–Kier alpha value is -0.870. The third-order valence-corrected chi connectivity index (χ3v) is 5.09. The van der Waals surface area contributed by atoms with Crippen LogP contribution in [-0.2, 0) is 6.42 Å². The highest BCUT2D eigenvalue weighted by atomic mass is 32.1. The van der Waals surface area contributed by atoms with E-state index in [0.717, 1.165) is 30.8 Å². The topological polar surface area (TPSA) is 41.1 Å². The molecule has 2 atom stereocenters. The number of hydrogen-bond donors (Lipinski definition) is 2. The molecule has 0 spiro atoms. The number of aryl methyl sites for hydroxylation is 2. The van der Waals surface area contributed by atoms with Gasteiger partial charge in [-0.25, -0.2) is 0 Å². The lowest BCUT2D eigenvalue weighted by Crippen LogP contribution is -2.50. The maximum Gasteiger partial charge on any atom is 0.261 e. The third kappa shape index (κ3) is 2.93. The van der Waals surface area contributed by atoms with Crippen molar-refractivity contribution in [1.82, 2.24) is 10.6 Å². The fourth-order valence-corrected chi connectivity index (χ4v) is 3.42. The Bertz CT molecular complexity index is 427. The van der Waals surface area contributed by atoms with Crippen molar-refractivity contribution in [1.29, 1.82) is 0 Å². The zero-order valence-electron chi connectivity index (χ0n) is 11.4. The lowest BCUT2D eigenvalue weighted by Gasteiger charge is -2.30. The highest BCUT2D eigenvalue weighted by Gasteiger charge is 2.23. The van der Waals surface area contributed by atoms with Crippen molar-refractivity contribution in [3.63, 3.8) is 0 Å². The van der Waals surface area contributed by atoms with Crippen LogP contribution < -0.4 is 10.6 Å². The van der Waals surface area contributed by atoms with Crippen LogP contribution in [0.25, 0.3) is 0 Å². The first-order valence-corrected chi connectivity index (χ1v) is 7.54. The second kappa shape index (κ2) is 5.85. The number of amides is 1. The molecule has 0 radical (unpaired) electrons. The average molecular weight is 266 g/mol. The molecule has 4 heteroatoms. The van der Waals surface area contributed by atoms with Gasteiger partial charge in [-0.15, -0.1) is 11.3 Å². The summed E-state index contributed by atoms with van der Waals surface area (Å²) in [5.41, 5.74) is 1.24. The Morgan fingerprint density at radius 3 is 3.00 bits per heavy atom. The van der Waals surface area contributed by atoms with E-state index >= 15 is 0 Å². The Morgan fingerprint density at radius 2 is 2.39 bits per heavy atom. The quantitative estimate of drug-likeness (QED) is 0.881.